The zero-order valence-corrected chi connectivity index (χ0v) is 9.83. The van der Waals surface area contributed by atoms with E-state index in [1.807, 2.05) is 0 Å². The third kappa shape index (κ3) is 3.49. The van der Waals surface area contributed by atoms with Crippen LogP contribution in [0.2, 0.25) is 0 Å². The Hall–Kier alpha value is 0.326. The first kappa shape index (κ1) is 11.3. The third-order valence-electron chi connectivity index (χ3n) is 1.25. The van der Waals surface area contributed by atoms with Gasteiger partial charge in [0.25, 0.3) is 0 Å². The topological polar surface area (TPSA) is 26.3 Å². The number of aldehydes is 1. The minimum Gasteiger partial charge on any atom is -1.00 e. The van der Waals surface area contributed by atoms with E-state index in [4.69, 9.17) is 4.74 Å². The van der Waals surface area contributed by atoms with Crippen LogP contribution in [-0.2, 0) is 0 Å². The van der Waals surface area contributed by atoms with Crippen molar-refractivity contribution in [2.45, 2.75) is 0 Å². The molecule has 0 atom stereocenters. The largest absolute Gasteiger partial charge is 1.00 e. The standard InChI is InChI=1S/C8H8O2.K.H/c1-10-8-4-2-7(6-9)3-5-8;;/h2-6H,1H3;;/q;+1;-1. The first-order chi connectivity index (χ1) is 4.86. The van der Waals surface area contributed by atoms with E-state index in [9.17, 15) is 4.79 Å². The van der Waals surface area contributed by atoms with Gasteiger partial charge in [0, 0.05) is 5.56 Å². The number of hydrogen-bond acceptors (Lipinski definition) is 2. The van der Waals surface area contributed by atoms with Gasteiger partial charge in [0.05, 0.1) is 7.11 Å². The molecule has 54 valence electrons. The van der Waals surface area contributed by atoms with Crippen LogP contribution in [0.1, 0.15) is 11.8 Å². The van der Waals surface area contributed by atoms with E-state index < -0.39 is 0 Å². The fourth-order valence-electron chi connectivity index (χ4n) is 0.682. The van der Waals surface area contributed by atoms with E-state index in [-0.39, 0.29) is 52.8 Å². The summed E-state index contributed by atoms with van der Waals surface area (Å²) in [5.74, 6) is 0.769. The summed E-state index contributed by atoms with van der Waals surface area (Å²) in [5.41, 5.74) is 0.667. The fourth-order valence-corrected chi connectivity index (χ4v) is 0.682. The van der Waals surface area contributed by atoms with Crippen LogP contribution < -0.4 is 56.1 Å². The smallest absolute Gasteiger partial charge is 1.00 e. The predicted octanol–water partition coefficient (Wildman–Crippen LogP) is -1.38. The quantitative estimate of drug-likeness (QED) is 0.410. The summed E-state index contributed by atoms with van der Waals surface area (Å²) in [6.07, 6.45) is 0.805. The van der Waals surface area contributed by atoms with Crippen molar-refractivity contribution in [1.82, 2.24) is 0 Å². The van der Waals surface area contributed by atoms with Gasteiger partial charge in [-0.3, -0.25) is 4.79 Å². The van der Waals surface area contributed by atoms with Crippen molar-refractivity contribution in [3.63, 3.8) is 0 Å². The molecule has 0 aromatic heterocycles. The van der Waals surface area contributed by atoms with E-state index in [1.54, 1.807) is 31.4 Å². The molecule has 0 aliphatic rings. The molecule has 0 spiro atoms. The fraction of sp³-hybridized carbons (Fsp3) is 0.125. The molecular formula is C8H9KO2. The molecule has 1 rings (SSSR count). The van der Waals surface area contributed by atoms with Crippen molar-refractivity contribution >= 4 is 6.29 Å². The summed E-state index contributed by atoms with van der Waals surface area (Å²) in [7, 11) is 1.59. The maximum Gasteiger partial charge on any atom is 1.00 e. The van der Waals surface area contributed by atoms with Gasteiger partial charge in [0.1, 0.15) is 12.0 Å². The zero-order valence-electron chi connectivity index (χ0n) is 7.70. The Bertz CT molecular complexity index is 223. The van der Waals surface area contributed by atoms with E-state index in [0.717, 1.165) is 12.0 Å². The van der Waals surface area contributed by atoms with Gasteiger partial charge in [0.2, 0.25) is 0 Å². The Morgan fingerprint density at radius 1 is 1.36 bits per heavy atom. The first-order valence-electron chi connectivity index (χ1n) is 2.96. The zero-order chi connectivity index (χ0) is 7.40. The molecular weight excluding hydrogens is 167 g/mol. The van der Waals surface area contributed by atoms with E-state index >= 15 is 0 Å². The molecule has 0 unspecified atom stereocenters. The van der Waals surface area contributed by atoms with Gasteiger partial charge >= 0.3 is 51.4 Å². The second kappa shape index (κ2) is 5.91. The van der Waals surface area contributed by atoms with Crippen LogP contribution in [0.4, 0.5) is 0 Å². The van der Waals surface area contributed by atoms with Gasteiger partial charge in [-0.05, 0) is 24.3 Å². The number of benzene rings is 1. The van der Waals surface area contributed by atoms with Gasteiger partial charge in [-0.25, -0.2) is 0 Å². The molecule has 0 bridgehead atoms. The molecule has 0 aliphatic carbocycles. The molecule has 0 N–H and O–H groups in total. The minimum atomic E-state index is 0. The Labute approximate surface area is 110 Å². The average Bonchev–Trinajstić information content (AvgIpc) is 2.05. The van der Waals surface area contributed by atoms with Crippen LogP contribution in [-0.4, -0.2) is 13.4 Å². The summed E-state index contributed by atoms with van der Waals surface area (Å²) in [6.45, 7) is 0. The van der Waals surface area contributed by atoms with Crippen molar-refractivity contribution in [3.05, 3.63) is 29.8 Å². The Kier molecular flexibility index (Phi) is 6.09. The molecule has 1 aromatic rings. The molecule has 2 nitrogen and oxygen atoms in total. The summed E-state index contributed by atoms with van der Waals surface area (Å²) < 4.78 is 4.90. The summed E-state index contributed by atoms with van der Waals surface area (Å²) in [5, 5.41) is 0. The monoisotopic (exact) mass is 176 g/mol. The van der Waals surface area contributed by atoms with Crippen LogP contribution in [0.5, 0.6) is 5.75 Å². The van der Waals surface area contributed by atoms with Crippen LogP contribution in [0.3, 0.4) is 0 Å². The van der Waals surface area contributed by atoms with Crippen LogP contribution in [0.25, 0.3) is 0 Å². The number of carbonyl (C=O) groups is 1. The van der Waals surface area contributed by atoms with Crippen molar-refractivity contribution in [1.29, 1.82) is 0 Å². The second-order valence-corrected chi connectivity index (χ2v) is 1.89. The van der Waals surface area contributed by atoms with Gasteiger partial charge in [-0.15, -0.1) is 0 Å². The van der Waals surface area contributed by atoms with Gasteiger partial charge in [-0.1, -0.05) is 0 Å². The summed E-state index contributed by atoms with van der Waals surface area (Å²) >= 11 is 0. The van der Waals surface area contributed by atoms with Crippen molar-refractivity contribution in [2.75, 3.05) is 7.11 Å². The third-order valence-corrected chi connectivity index (χ3v) is 1.25. The molecule has 0 saturated heterocycles. The summed E-state index contributed by atoms with van der Waals surface area (Å²) in [6, 6.07) is 6.94. The predicted molar refractivity (Wildman–Crippen MR) is 39.5 cm³/mol. The van der Waals surface area contributed by atoms with Crippen molar-refractivity contribution < 1.29 is 62.3 Å². The number of rotatable bonds is 2. The van der Waals surface area contributed by atoms with Crippen LogP contribution in [0, 0.1) is 0 Å². The first-order valence-corrected chi connectivity index (χ1v) is 2.96. The molecule has 0 amide bonds. The second-order valence-electron chi connectivity index (χ2n) is 1.89. The Balaban J connectivity index is 0. The molecule has 0 radical (unpaired) electrons. The molecule has 3 heteroatoms. The molecule has 0 fully saturated rings. The number of carbonyl (C=O) groups excluding carboxylic acids is 1. The van der Waals surface area contributed by atoms with E-state index in [2.05, 4.69) is 0 Å². The SMILES string of the molecule is COc1ccc(C=O)cc1.[H-].[K+]. The van der Waals surface area contributed by atoms with Gasteiger partial charge in [0.15, 0.2) is 0 Å². The van der Waals surface area contributed by atoms with Crippen LogP contribution >= 0.6 is 0 Å². The number of hydrogen-bond donors (Lipinski definition) is 0. The average molecular weight is 176 g/mol. The molecule has 0 aliphatic heterocycles. The van der Waals surface area contributed by atoms with E-state index in [0.29, 0.717) is 5.56 Å². The molecule has 11 heavy (non-hydrogen) atoms. The number of methoxy groups -OCH3 is 1. The van der Waals surface area contributed by atoms with Gasteiger partial charge < -0.3 is 6.16 Å². The van der Waals surface area contributed by atoms with Crippen molar-refractivity contribution in [2.24, 2.45) is 0 Å². The maximum absolute atomic E-state index is 10.2. The summed E-state index contributed by atoms with van der Waals surface area (Å²) in [4.78, 5) is 10.2. The maximum atomic E-state index is 10.2. The van der Waals surface area contributed by atoms with E-state index in [1.165, 1.54) is 0 Å². The Morgan fingerprint density at radius 2 is 1.91 bits per heavy atom. The number of ether oxygens (including phenoxy) is 1. The normalized spacial score (nSPS) is 8.09. The van der Waals surface area contributed by atoms with Crippen molar-refractivity contribution in [3.8, 4) is 5.75 Å². The Morgan fingerprint density at radius 3 is 2.27 bits per heavy atom. The molecule has 0 heterocycles. The minimum absolute atomic E-state index is 0. The molecule has 1 aromatic carbocycles. The van der Waals surface area contributed by atoms with Gasteiger partial charge in [-0.2, -0.15) is 0 Å². The molecule has 0 saturated carbocycles. The van der Waals surface area contributed by atoms with Crippen LogP contribution in [0.15, 0.2) is 24.3 Å².